The number of thiazole rings is 1. The average molecular weight is 434 g/mol. The van der Waals surface area contributed by atoms with Crippen molar-refractivity contribution in [2.45, 2.75) is 19.9 Å². The van der Waals surface area contributed by atoms with Crippen LogP contribution in [0.4, 0.5) is 5.13 Å². The molecule has 0 N–H and O–H groups in total. The molecule has 0 spiro atoms. The van der Waals surface area contributed by atoms with Gasteiger partial charge in [-0.2, -0.15) is 0 Å². The zero-order valence-electron chi connectivity index (χ0n) is 17.4. The van der Waals surface area contributed by atoms with E-state index in [0.717, 1.165) is 33.0 Å². The molecule has 6 nitrogen and oxygen atoms in total. The molecule has 0 saturated heterocycles. The van der Waals surface area contributed by atoms with E-state index in [2.05, 4.69) is 4.98 Å². The highest BCUT2D eigenvalue weighted by atomic mass is 32.1. The zero-order chi connectivity index (χ0) is 21.6. The van der Waals surface area contributed by atoms with Crippen LogP contribution in [0.2, 0.25) is 0 Å². The molecule has 0 atom stereocenters. The van der Waals surface area contributed by atoms with Crippen LogP contribution in [0.3, 0.4) is 0 Å². The van der Waals surface area contributed by atoms with Crippen molar-refractivity contribution in [1.82, 2.24) is 9.97 Å². The number of anilines is 1. The number of aromatic nitrogens is 2. The summed E-state index contributed by atoms with van der Waals surface area (Å²) in [7, 11) is 1.63. The maximum Gasteiger partial charge on any atom is 0.233 e. The first-order valence-corrected chi connectivity index (χ1v) is 10.8. The van der Waals surface area contributed by atoms with E-state index < -0.39 is 0 Å². The molecule has 0 unspecified atom stereocenters. The Morgan fingerprint density at radius 3 is 2.58 bits per heavy atom. The molecule has 1 amide bonds. The summed E-state index contributed by atoms with van der Waals surface area (Å²) in [6.07, 6.45) is 1.99. The number of carbonyl (C=O) groups is 1. The second-order valence-electron chi connectivity index (χ2n) is 6.88. The van der Waals surface area contributed by atoms with Crippen LogP contribution in [0.25, 0.3) is 10.2 Å². The van der Waals surface area contributed by atoms with E-state index in [1.165, 1.54) is 11.3 Å². The van der Waals surface area contributed by atoms with Crippen molar-refractivity contribution in [2.24, 2.45) is 0 Å². The lowest BCUT2D eigenvalue weighted by Gasteiger charge is -2.19. The van der Waals surface area contributed by atoms with Crippen LogP contribution in [0.1, 0.15) is 18.2 Å². The van der Waals surface area contributed by atoms with Crippen LogP contribution in [-0.4, -0.2) is 29.6 Å². The predicted octanol–water partition coefficient (Wildman–Crippen LogP) is 4.87. The molecule has 0 fully saturated rings. The van der Waals surface area contributed by atoms with Gasteiger partial charge in [-0.15, -0.1) is 0 Å². The number of benzene rings is 2. The second kappa shape index (κ2) is 9.57. The first-order valence-electron chi connectivity index (χ1n) is 10.0. The van der Waals surface area contributed by atoms with E-state index in [-0.39, 0.29) is 12.3 Å². The topological polar surface area (TPSA) is 64.5 Å². The van der Waals surface area contributed by atoms with Crippen LogP contribution in [-0.2, 0) is 17.8 Å². The van der Waals surface area contributed by atoms with Gasteiger partial charge in [-0.3, -0.25) is 14.7 Å². The van der Waals surface area contributed by atoms with Crippen molar-refractivity contribution in [1.29, 1.82) is 0 Å². The Morgan fingerprint density at radius 1 is 1.06 bits per heavy atom. The van der Waals surface area contributed by atoms with E-state index in [4.69, 9.17) is 14.5 Å². The van der Waals surface area contributed by atoms with Gasteiger partial charge in [0.1, 0.15) is 11.5 Å². The third-order valence-corrected chi connectivity index (χ3v) is 5.81. The minimum Gasteiger partial charge on any atom is -0.497 e. The standard InChI is InChI=1S/C24H23N3O3S/c1-3-30-19-9-7-17(8-10-19)14-23(28)27(16-18-6-4-5-13-25-18)24-26-21-15-20(29-2)11-12-22(21)31-24/h4-13,15H,3,14,16H2,1-2H3. The van der Waals surface area contributed by atoms with Gasteiger partial charge in [0.05, 0.1) is 42.6 Å². The zero-order valence-corrected chi connectivity index (χ0v) is 18.3. The Balaban J connectivity index is 1.62. The van der Waals surface area contributed by atoms with Crippen LogP contribution < -0.4 is 14.4 Å². The predicted molar refractivity (Wildman–Crippen MR) is 123 cm³/mol. The normalized spacial score (nSPS) is 10.8. The lowest BCUT2D eigenvalue weighted by atomic mass is 10.1. The first kappa shape index (κ1) is 20.8. The largest absolute Gasteiger partial charge is 0.497 e. The van der Waals surface area contributed by atoms with E-state index in [0.29, 0.717) is 18.3 Å². The SMILES string of the molecule is CCOc1ccc(CC(=O)N(Cc2ccccn2)c2nc3cc(OC)ccc3s2)cc1. The Kier molecular flexibility index (Phi) is 6.43. The second-order valence-corrected chi connectivity index (χ2v) is 7.89. The van der Waals surface area contributed by atoms with E-state index in [1.54, 1.807) is 18.2 Å². The minimum atomic E-state index is -0.0409. The van der Waals surface area contributed by atoms with Gasteiger partial charge in [0, 0.05) is 12.3 Å². The third-order valence-electron chi connectivity index (χ3n) is 4.75. The molecule has 4 rings (SSSR count). The maximum atomic E-state index is 13.3. The van der Waals surface area contributed by atoms with Gasteiger partial charge in [-0.05, 0) is 48.9 Å². The highest BCUT2D eigenvalue weighted by Crippen LogP contribution is 2.32. The lowest BCUT2D eigenvalue weighted by molar-refractivity contribution is -0.118. The minimum absolute atomic E-state index is 0.0409. The van der Waals surface area contributed by atoms with Crippen molar-refractivity contribution in [3.63, 3.8) is 0 Å². The van der Waals surface area contributed by atoms with E-state index in [9.17, 15) is 4.79 Å². The van der Waals surface area contributed by atoms with Crippen LogP contribution in [0.15, 0.2) is 66.9 Å². The summed E-state index contributed by atoms with van der Waals surface area (Å²) in [6.45, 7) is 2.91. The summed E-state index contributed by atoms with van der Waals surface area (Å²) < 4.78 is 11.8. The van der Waals surface area contributed by atoms with E-state index in [1.807, 2.05) is 67.6 Å². The Hall–Kier alpha value is -3.45. The number of rotatable bonds is 8. The molecule has 4 aromatic rings. The van der Waals surface area contributed by atoms with Gasteiger partial charge < -0.3 is 9.47 Å². The monoisotopic (exact) mass is 433 g/mol. The van der Waals surface area contributed by atoms with Crippen molar-refractivity contribution in [3.8, 4) is 11.5 Å². The molecule has 0 aliphatic carbocycles. The molecule has 2 aromatic carbocycles. The lowest BCUT2D eigenvalue weighted by Crippen LogP contribution is -2.32. The van der Waals surface area contributed by atoms with Crippen molar-refractivity contribution in [3.05, 3.63) is 78.1 Å². The van der Waals surface area contributed by atoms with E-state index >= 15 is 0 Å². The smallest absolute Gasteiger partial charge is 0.233 e. The summed E-state index contributed by atoms with van der Waals surface area (Å²) >= 11 is 1.48. The fourth-order valence-corrected chi connectivity index (χ4v) is 4.16. The quantitative estimate of drug-likeness (QED) is 0.396. The summed E-state index contributed by atoms with van der Waals surface area (Å²) in [5.74, 6) is 1.49. The van der Waals surface area contributed by atoms with Gasteiger partial charge in [-0.25, -0.2) is 4.98 Å². The Bertz CT molecular complexity index is 1160. The molecule has 0 radical (unpaired) electrons. The van der Waals surface area contributed by atoms with Crippen LogP contribution >= 0.6 is 11.3 Å². The van der Waals surface area contributed by atoms with Crippen molar-refractivity contribution >= 4 is 32.6 Å². The number of fused-ring (bicyclic) bond motifs is 1. The van der Waals surface area contributed by atoms with Gasteiger partial charge >= 0.3 is 0 Å². The average Bonchev–Trinajstić information content (AvgIpc) is 3.22. The molecular formula is C24H23N3O3S. The molecule has 0 saturated carbocycles. The Morgan fingerprint density at radius 2 is 1.87 bits per heavy atom. The molecule has 0 aliphatic rings. The fourth-order valence-electron chi connectivity index (χ4n) is 3.19. The summed E-state index contributed by atoms with van der Waals surface area (Å²) in [5, 5.41) is 0.643. The number of ether oxygens (including phenoxy) is 2. The first-order chi connectivity index (χ1) is 15.2. The highest BCUT2D eigenvalue weighted by molar-refractivity contribution is 7.22. The van der Waals surface area contributed by atoms with Gasteiger partial charge in [0.25, 0.3) is 0 Å². The summed E-state index contributed by atoms with van der Waals surface area (Å²) in [5.41, 5.74) is 2.53. The van der Waals surface area contributed by atoms with Crippen LogP contribution in [0.5, 0.6) is 11.5 Å². The van der Waals surface area contributed by atoms with Gasteiger partial charge in [0.2, 0.25) is 5.91 Å². The van der Waals surface area contributed by atoms with Crippen molar-refractivity contribution in [2.75, 3.05) is 18.6 Å². The Labute approximate surface area is 185 Å². The number of hydrogen-bond donors (Lipinski definition) is 0. The molecule has 7 heteroatoms. The number of carbonyl (C=O) groups excluding carboxylic acids is 1. The molecule has 31 heavy (non-hydrogen) atoms. The summed E-state index contributed by atoms with van der Waals surface area (Å²) in [6, 6.07) is 19.0. The number of methoxy groups -OCH3 is 1. The highest BCUT2D eigenvalue weighted by Gasteiger charge is 2.21. The molecule has 2 aromatic heterocycles. The molecule has 0 bridgehead atoms. The third kappa shape index (κ3) is 5.00. The van der Waals surface area contributed by atoms with Gasteiger partial charge in [-0.1, -0.05) is 29.5 Å². The number of pyridine rings is 1. The molecule has 158 valence electrons. The molecule has 0 aliphatic heterocycles. The number of hydrogen-bond acceptors (Lipinski definition) is 6. The fraction of sp³-hybridized carbons (Fsp3) is 0.208. The molecular weight excluding hydrogens is 410 g/mol. The van der Waals surface area contributed by atoms with Gasteiger partial charge in [0.15, 0.2) is 5.13 Å². The van der Waals surface area contributed by atoms with Crippen LogP contribution in [0, 0.1) is 0 Å². The number of nitrogens with zero attached hydrogens (tertiary/aromatic N) is 3. The number of amides is 1. The summed E-state index contributed by atoms with van der Waals surface area (Å²) in [4.78, 5) is 24.1. The molecule has 2 heterocycles. The van der Waals surface area contributed by atoms with Crippen molar-refractivity contribution < 1.29 is 14.3 Å². The maximum absolute atomic E-state index is 13.3.